The largest absolute Gasteiger partial charge is 0.381 e. The number of amides is 2. The molecule has 0 aromatic heterocycles. The van der Waals surface area contributed by atoms with Gasteiger partial charge < -0.3 is 15.0 Å². The first-order valence-electron chi connectivity index (χ1n) is 10.1. The molecular formula is C23H25ClN2O3. The number of hydrogen-bond acceptors (Lipinski definition) is 3. The van der Waals surface area contributed by atoms with Crippen LogP contribution in [0.4, 0.5) is 5.69 Å². The molecule has 152 valence electrons. The van der Waals surface area contributed by atoms with Crippen molar-refractivity contribution in [2.24, 2.45) is 0 Å². The van der Waals surface area contributed by atoms with Crippen molar-refractivity contribution in [1.82, 2.24) is 5.32 Å². The molecule has 1 N–H and O–H groups in total. The zero-order valence-corrected chi connectivity index (χ0v) is 17.1. The van der Waals surface area contributed by atoms with Crippen LogP contribution in [0.25, 0.3) is 0 Å². The molecule has 0 atom stereocenters. The molecule has 4 rings (SSSR count). The van der Waals surface area contributed by atoms with Gasteiger partial charge in [-0.15, -0.1) is 0 Å². The number of benzene rings is 2. The van der Waals surface area contributed by atoms with E-state index in [1.807, 2.05) is 53.4 Å². The van der Waals surface area contributed by atoms with E-state index < -0.39 is 5.41 Å². The molecular weight excluding hydrogens is 388 g/mol. The van der Waals surface area contributed by atoms with Gasteiger partial charge in [0.25, 0.3) is 0 Å². The van der Waals surface area contributed by atoms with Gasteiger partial charge in [-0.1, -0.05) is 35.9 Å². The molecule has 0 spiro atoms. The number of carbonyl (C=O) groups is 2. The highest BCUT2D eigenvalue weighted by atomic mass is 35.5. The summed E-state index contributed by atoms with van der Waals surface area (Å²) >= 11 is 6.19. The maximum Gasteiger partial charge on any atom is 0.231 e. The summed E-state index contributed by atoms with van der Waals surface area (Å²) in [6.45, 7) is 2.33. The van der Waals surface area contributed by atoms with Crippen molar-refractivity contribution >= 4 is 29.1 Å². The van der Waals surface area contributed by atoms with Gasteiger partial charge in [-0.2, -0.15) is 0 Å². The van der Waals surface area contributed by atoms with E-state index in [1.165, 1.54) is 0 Å². The summed E-state index contributed by atoms with van der Waals surface area (Å²) in [6.07, 6.45) is 2.80. The fourth-order valence-corrected chi connectivity index (χ4v) is 4.41. The fourth-order valence-electron chi connectivity index (χ4n) is 4.22. The minimum absolute atomic E-state index is 0.00173. The molecule has 2 heterocycles. The first-order chi connectivity index (χ1) is 14.1. The number of hydrogen-bond donors (Lipinski definition) is 1. The molecule has 0 radical (unpaired) electrons. The van der Waals surface area contributed by atoms with Crippen molar-refractivity contribution < 1.29 is 14.3 Å². The van der Waals surface area contributed by atoms with Gasteiger partial charge >= 0.3 is 0 Å². The third-order valence-corrected chi connectivity index (χ3v) is 6.17. The number of anilines is 1. The van der Waals surface area contributed by atoms with Gasteiger partial charge in [-0.3, -0.25) is 9.59 Å². The zero-order valence-electron chi connectivity index (χ0n) is 16.3. The third-order valence-electron chi connectivity index (χ3n) is 5.93. The predicted octanol–water partition coefficient (Wildman–Crippen LogP) is 3.83. The lowest BCUT2D eigenvalue weighted by atomic mass is 9.73. The van der Waals surface area contributed by atoms with Crippen molar-refractivity contribution in [3.63, 3.8) is 0 Å². The Hall–Kier alpha value is -2.37. The summed E-state index contributed by atoms with van der Waals surface area (Å²) in [6, 6.07) is 15.4. The lowest BCUT2D eigenvalue weighted by molar-refractivity contribution is -0.130. The number of ether oxygens (including phenoxy) is 1. The minimum Gasteiger partial charge on any atom is -0.381 e. The molecule has 0 aliphatic carbocycles. The van der Waals surface area contributed by atoms with Crippen molar-refractivity contribution in [2.45, 2.75) is 37.6 Å². The second kappa shape index (κ2) is 8.56. The molecule has 0 bridgehead atoms. The fraction of sp³-hybridized carbons (Fsp3) is 0.391. The van der Waals surface area contributed by atoms with Gasteiger partial charge in [0.05, 0.1) is 5.41 Å². The molecule has 2 aliphatic rings. The maximum absolute atomic E-state index is 13.3. The lowest BCUT2D eigenvalue weighted by Crippen LogP contribution is -2.47. The number of rotatable bonds is 5. The van der Waals surface area contributed by atoms with Gasteiger partial charge in [0.2, 0.25) is 11.8 Å². The monoisotopic (exact) mass is 412 g/mol. The average molecular weight is 413 g/mol. The summed E-state index contributed by atoms with van der Waals surface area (Å²) in [7, 11) is 0. The highest BCUT2D eigenvalue weighted by Crippen LogP contribution is 2.36. The van der Waals surface area contributed by atoms with Crippen LogP contribution < -0.4 is 10.2 Å². The van der Waals surface area contributed by atoms with E-state index in [0.29, 0.717) is 44.0 Å². The number of carbonyl (C=O) groups excluding carboxylic acids is 2. The summed E-state index contributed by atoms with van der Waals surface area (Å²) in [5.74, 6) is 0.177. The molecule has 5 nitrogen and oxygen atoms in total. The summed E-state index contributed by atoms with van der Waals surface area (Å²) in [5, 5.41) is 3.74. The number of nitrogens with one attached hydrogen (secondary N) is 1. The summed E-state index contributed by atoms with van der Waals surface area (Å²) in [5.41, 5.74) is 2.24. The Morgan fingerprint density at radius 2 is 1.90 bits per heavy atom. The second-order valence-corrected chi connectivity index (χ2v) is 8.14. The second-order valence-electron chi connectivity index (χ2n) is 7.70. The number of nitrogens with zero attached hydrogens (tertiary/aromatic N) is 1. The van der Waals surface area contributed by atoms with Crippen LogP contribution in [0.3, 0.4) is 0 Å². The van der Waals surface area contributed by atoms with E-state index in [2.05, 4.69) is 5.32 Å². The molecule has 2 aliphatic heterocycles. The van der Waals surface area contributed by atoms with Crippen LogP contribution in [0.5, 0.6) is 0 Å². The average Bonchev–Trinajstić information content (AvgIpc) is 3.18. The van der Waals surface area contributed by atoms with Crippen LogP contribution in [-0.4, -0.2) is 31.6 Å². The highest BCUT2D eigenvalue weighted by molar-refractivity contribution is 6.30. The SMILES string of the molecule is O=C1CCCN1c1ccc(CNC(=O)C2(c3cccc(Cl)c3)CCOCC2)cc1. The molecule has 2 saturated heterocycles. The van der Waals surface area contributed by atoms with Crippen LogP contribution in [0.1, 0.15) is 36.8 Å². The van der Waals surface area contributed by atoms with Crippen molar-refractivity contribution in [3.05, 3.63) is 64.7 Å². The normalized spacial score (nSPS) is 18.7. The quantitative estimate of drug-likeness (QED) is 0.811. The Morgan fingerprint density at radius 1 is 1.14 bits per heavy atom. The van der Waals surface area contributed by atoms with E-state index in [9.17, 15) is 9.59 Å². The summed E-state index contributed by atoms with van der Waals surface area (Å²) in [4.78, 5) is 27.0. The van der Waals surface area contributed by atoms with Crippen molar-refractivity contribution in [1.29, 1.82) is 0 Å². The smallest absolute Gasteiger partial charge is 0.231 e. The van der Waals surface area contributed by atoms with E-state index in [-0.39, 0.29) is 11.8 Å². The molecule has 2 fully saturated rings. The zero-order chi connectivity index (χ0) is 20.3. The molecule has 2 amide bonds. The van der Waals surface area contributed by atoms with Gasteiger partial charge in [0.1, 0.15) is 0 Å². The van der Waals surface area contributed by atoms with E-state index in [0.717, 1.165) is 29.8 Å². The molecule has 0 unspecified atom stereocenters. The molecule has 6 heteroatoms. The molecule has 0 saturated carbocycles. The van der Waals surface area contributed by atoms with E-state index in [1.54, 1.807) is 0 Å². The Labute approximate surface area is 176 Å². The van der Waals surface area contributed by atoms with Gasteiger partial charge in [0, 0.05) is 43.4 Å². The Morgan fingerprint density at radius 3 is 2.55 bits per heavy atom. The lowest BCUT2D eigenvalue weighted by Gasteiger charge is -2.36. The number of halogens is 1. The first-order valence-corrected chi connectivity index (χ1v) is 10.5. The molecule has 29 heavy (non-hydrogen) atoms. The maximum atomic E-state index is 13.3. The van der Waals surface area contributed by atoms with Crippen LogP contribution >= 0.6 is 11.6 Å². The van der Waals surface area contributed by atoms with Gasteiger partial charge in [-0.25, -0.2) is 0 Å². The third kappa shape index (κ3) is 4.16. The predicted molar refractivity (Wildman–Crippen MR) is 113 cm³/mol. The van der Waals surface area contributed by atoms with Crippen molar-refractivity contribution in [2.75, 3.05) is 24.7 Å². The van der Waals surface area contributed by atoms with E-state index >= 15 is 0 Å². The van der Waals surface area contributed by atoms with Crippen molar-refractivity contribution in [3.8, 4) is 0 Å². The van der Waals surface area contributed by atoms with Crippen LogP contribution in [-0.2, 0) is 26.3 Å². The van der Waals surface area contributed by atoms with E-state index in [4.69, 9.17) is 16.3 Å². The van der Waals surface area contributed by atoms with Gasteiger partial charge in [-0.05, 0) is 54.7 Å². The Kier molecular flexibility index (Phi) is 5.88. The molecule has 2 aromatic rings. The van der Waals surface area contributed by atoms with Crippen LogP contribution in [0.2, 0.25) is 5.02 Å². The topological polar surface area (TPSA) is 58.6 Å². The minimum atomic E-state index is -0.620. The highest BCUT2D eigenvalue weighted by Gasteiger charge is 2.41. The standard InChI is InChI=1S/C23H25ClN2O3/c24-19-4-1-3-18(15-19)23(10-13-29-14-11-23)22(28)25-16-17-6-8-20(9-7-17)26-12-2-5-21(26)27/h1,3-4,6-9,15H,2,5,10-14,16H2,(H,25,28). The summed E-state index contributed by atoms with van der Waals surface area (Å²) < 4.78 is 5.51. The first kappa shape index (κ1) is 19.9. The Balaban J connectivity index is 1.46. The molecule has 2 aromatic carbocycles. The van der Waals surface area contributed by atoms with Crippen LogP contribution in [0.15, 0.2) is 48.5 Å². The van der Waals surface area contributed by atoms with Gasteiger partial charge in [0.15, 0.2) is 0 Å². The van der Waals surface area contributed by atoms with Crippen LogP contribution in [0, 0.1) is 0 Å². The Bertz CT molecular complexity index is 891.